The summed E-state index contributed by atoms with van der Waals surface area (Å²) < 4.78 is 58.0. The summed E-state index contributed by atoms with van der Waals surface area (Å²) in [4.78, 5) is -0.0968. The first-order chi connectivity index (χ1) is 10.4. The van der Waals surface area contributed by atoms with Crippen LogP contribution in [0.15, 0.2) is 29.2 Å². The molecular weight excluding hydrogens is 264 g/mol. The van der Waals surface area contributed by atoms with Gasteiger partial charge in [-0.2, -0.15) is 8.42 Å². The Hall–Kier alpha value is -0.910. The van der Waals surface area contributed by atoms with E-state index in [1.807, 2.05) is 6.92 Å². The summed E-state index contributed by atoms with van der Waals surface area (Å²) in [6, 6.07) is 5.94. The zero-order valence-corrected chi connectivity index (χ0v) is 11.7. The average molecular weight is 290 g/mol. The van der Waals surface area contributed by atoms with Crippen molar-refractivity contribution in [2.75, 3.05) is 13.1 Å². The first-order valence-corrected chi connectivity index (χ1v) is 7.57. The SMILES string of the molecule is [2H]C([2H])(O)CCCCCC([2H])([2H])OS(=O)(=O)c1ccc(C)cc1. The molecule has 0 spiro atoms. The summed E-state index contributed by atoms with van der Waals surface area (Å²) in [5, 5.41) is 8.93. The van der Waals surface area contributed by atoms with Gasteiger partial charge >= 0.3 is 0 Å². The van der Waals surface area contributed by atoms with Gasteiger partial charge in [0.1, 0.15) is 0 Å². The van der Waals surface area contributed by atoms with Crippen LogP contribution in [0.2, 0.25) is 0 Å². The highest BCUT2D eigenvalue weighted by Crippen LogP contribution is 2.14. The summed E-state index contributed by atoms with van der Waals surface area (Å²) in [6.45, 7) is -2.75. The molecule has 0 aliphatic rings. The van der Waals surface area contributed by atoms with Gasteiger partial charge in [-0.05, 0) is 31.9 Å². The molecule has 0 saturated heterocycles. The molecule has 0 aliphatic heterocycles. The first-order valence-electron chi connectivity index (χ1n) is 8.16. The van der Waals surface area contributed by atoms with Gasteiger partial charge in [0.05, 0.1) is 16.9 Å². The Morgan fingerprint density at radius 3 is 2.32 bits per heavy atom. The van der Waals surface area contributed by atoms with Crippen LogP contribution >= 0.6 is 0 Å². The van der Waals surface area contributed by atoms with Gasteiger partial charge in [0.25, 0.3) is 10.1 Å². The smallest absolute Gasteiger partial charge is 0.296 e. The average Bonchev–Trinajstić information content (AvgIpc) is 2.36. The van der Waals surface area contributed by atoms with Gasteiger partial charge in [-0.1, -0.05) is 37.0 Å². The molecule has 0 unspecified atom stereocenters. The van der Waals surface area contributed by atoms with Gasteiger partial charge in [0.15, 0.2) is 0 Å². The third-order valence-corrected chi connectivity index (χ3v) is 3.73. The van der Waals surface area contributed by atoms with Gasteiger partial charge < -0.3 is 5.11 Å². The number of aryl methyl sites for hydroxylation is 1. The van der Waals surface area contributed by atoms with Crippen LogP contribution in [0.3, 0.4) is 0 Å². The fourth-order valence-corrected chi connectivity index (χ4v) is 2.25. The minimum Gasteiger partial charge on any atom is -0.396 e. The largest absolute Gasteiger partial charge is 0.396 e. The molecule has 0 atom stereocenters. The van der Waals surface area contributed by atoms with Crippen LogP contribution in [0.4, 0.5) is 0 Å². The van der Waals surface area contributed by atoms with Crippen molar-refractivity contribution in [3.05, 3.63) is 29.8 Å². The van der Waals surface area contributed by atoms with Crippen LogP contribution in [-0.2, 0) is 14.3 Å². The van der Waals surface area contributed by atoms with Crippen molar-refractivity contribution >= 4 is 10.1 Å². The lowest BCUT2D eigenvalue weighted by Gasteiger charge is -2.06. The third kappa shape index (κ3) is 6.18. The highest BCUT2D eigenvalue weighted by Gasteiger charge is 2.13. The van der Waals surface area contributed by atoms with E-state index in [9.17, 15) is 8.42 Å². The van der Waals surface area contributed by atoms with Gasteiger partial charge in [0.2, 0.25) is 0 Å². The molecule has 5 heteroatoms. The molecular formula is C14H22O4S. The third-order valence-electron chi connectivity index (χ3n) is 2.55. The van der Waals surface area contributed by atoms with E-state index < -0.39 is 23.2 Å². The first kappa shape index (κ1) is 10.8. The molecule has 0 bridgehead atoms. The van der Waals surface area contributed by atoms with E-state index in [1.165, 1.54) is 12.1 Å². The highest BCUT2D eigenvalue weighted by atomic mass is 32.2. The van der Waals surface area contributed by atoms with E-state index in [4.69, 9.17) is 10.6 Å². The van der Waals surface area contributed by atoms with Crippen LogP contribution in [0, 0.1) is 6.92 Å². The molecule has 0 saturated carbocycles. The Balaban J connectivity index is 2.52. The molecule has 1 N–H and O–H groups in total. The van der Waals surface area contributed by atoms with Crippen LogP contribution in [0.25, 0.3) is 0 Å². The Bertz CT molecular complexity index is 594. The fourth-order valence-electron chi connectivity index (χ4n) is 1.45. The van der Waals surface area contributed by atoms with Crippen molar-refractivity contribution in [3.8, 4) is 0 Å². The van der Waals surface area contributed by atoms with Crippen molar-refractivity contribution in [3.63, 3.8) is 0 Å². The van der Waals surface area contributed by atoms with Gasteiger partial charge in [-0.25, -0.2) is 0 Å². The lowest BCUT2D eigenvalue weighted by Crippen LogP contribution is -2.07. The Labute approximate surface area is 121 Å². The minimum absolute atomic E-state index is 0.0431. The maximum Gasteiger partial charge on any atom is 0.296 e. The number of unbranched alkanes of at least 4 members (excludes halogenated alkanes) is 2. The molecule has 1 aromatic rings. The topological polar surface area (TPSA) is 63.6 Å². The van der Waals surface area contributed by atoms with Crippen LogP contribution in [0.1, 0.15) is 43.2 Å². The maximum atomic E-state index is 12.0. The number of hydrogen-bond donors (Lipinski definition) is 1. The van der Waals surface area contributed by atoms with E-state index >= 15 is 0 Å². The van der Waals surface area contributed by atoms with E-state index in [-0.39, 0.29) is 17.7 Å². The Kier molecular flexibility index (Phi) is 4.73. The second kappa shape index (κ2) is 8.30. The normalized spacial score (nSPS) is 16.3. The summed E-state index contributed by atoms with van der Waals surface area (Å²) in [5.41, 5.74) is 0.885. The molecule has 0 heterocycles. The van der Waals surface area contributed by atoms with Crippen molar-refractivity contribution in [1.29, 1.82) is 0 Å². The standard InChI is InChI=1S/C14H22O4S/c1-13-7-9-14(10-8-13)19(16,17)18-12-6-4-2-3-5-11-15/h7-10,15H,2-6,11-12H2,1H3/i11D2,12D2. The number of aliphatic hydroxyl groups is 1. The van der Waals surface area contributed by atoms with Crippen molar-refractivity contribution in [1.82, 2.24) is 0 Å². The molecule has 1 aromatic carbocycles. The molecule has 0 fully saturated rings. The fraction of sp³-hybridized carbons (Fsp3) is 0.571. The van der Waals surface area contributed by atoms with Crippen LogP contribution < -0.4 is 0 Å². The monoisotopic (exact) mass is 290 g/mol. The lowest BCUT2D eigenvalue weighted by molar-refractivity contribution is 0.279. The minimum atomic E-state index is -4.18. The Morgan fingerprint density at radius 2 is 1.68 bits per heavy atom. The predicted octanol–water partition coefficient (Wildman–Crippen LogP) is 2.64. The number of hydrogen-bond acceptors (Lipinski definition) is 4. The van der Waals surface area contributed by atoms with Crippen LogP contribution in [-0.4, -0.2) is 26.6 Å². The maximum absolute atomic E-state index is 12.0. The zero-order valence-electron chi connectivity index (χ0n) is 14.9. The molecule has 4 nitrogen and oxygen atoms in total. The summed E-state index contributed by atoms with van der Waals surface area (Å²) in [6.07, 6.45) is 0.995. The molecule has 108 valence electrons. The number of rotatable bonds is 9. The second-order valence-corrected chi connectivity index (χ2v) is 5.76. The summed E-state index contributed by atoms with van der Waals surface area (Å²) >= 11 is 0. The number of benzene rings is 1. The van der Waals surface area contributed by atoms with Crippen molar-refractivity contribution < 1.29 is 23.2 Å². The highest BCUT2D eigenvalue weighted by molar-refractivity contribution is 7.86. The van der Waals surface area contributed by atoms with Crippen molar-refractivity contribution in [2.24, 2.45) is 0 Å². The molecule has 0 aliphatic carbocycles. The molecule has 0 radical (unpaired) electrons. The van der Waals surface area contributed by atoms with E-state index in [2.05, 4.69) is 4.18 Å². The van der Waals surface area contributed by atoms with Crippen LogP contribution in [0.5, 0.6) is 0 Å². The summed E-state index contributed by atoms with van der Waals surface area (Å²) in [5.74, 6) is 0. The molecule has 0 aromatic heterocycles. The zero-order chi connectivity index (χ0) is 17.7. The van der Waals surface area contributed by atoms with Crippen molar-refractivity contribution in [2.45, 2.75) is 43.9 Å². The second-order valence-electron chi connectivity index (χ2n) is 4.21. The quantitative estimate of drug-likeness (QED) is 0.561. The molecule has 0 amide bonds. The molecule has 19 heavy (non-hydrogen) atoms. The summed E-state index contributed by atoms with van der Waals surface area (Å²) in [7, 11) is -4.18. The van der Waals surface area contributed by atoms with Gasteiger partial charge in [-0.3, -0.25) is 4.18 Å². The van der Waals surface area contributed by atoms with E-state index in [1.54, 1.807) is 12.1 Å². The van der Waals surface area contributed by atoms with Gasteiger partial charge in [-0.15, -0.1) is 0 Å². The van der Waals surface area contributed by atoms with E-state index in [0.717, 1.165) is 5.56 Å². The van der Waals surface area contributed by atoms with E-state index in [0.29, 0.717) is 19.3 Å². The Morgan fingerprint density at radius 1 is 1.11 bits per heavy atom. The van der Waals surface area contributed by atoms with Gasteiger partial charge in [0, 0.05) is 6.56 Å². The predicted molar refractivity (Wildman–Crippen MR) is 74.5 cm³/mol. The lowest BCUT2D eigenvalue weighted by atomic mass is 10.2. The molecule has 1 rings (SSSR count).